The molecule has 0 saturated heterocycles. The summed E-state index contributed by atoms with van der Waals surface area (Å²) in [6.07, 6.45) is 22.1. The van der Waals surface area contributed by atoms with Crippen LogP contribution in [0.25, 0.3) is 0 Å². The van der Waals surface area contributed by atoms with Crippen molar-refractivity contribution in [2.75, 3.05) is 0 Å². The number of aryl methyl sites for hydroxylation is 7. The molecule has 346 valence electrons. The van der Waals surface area contributed by atoms with Crippen molar-refractivity contribution < 1.29 is 0 Å². The van der Waals surface area contributed by atoms with Gasteiger partial charge in [0.15, 0.2) is 0 Å². The molecule has 0 fully saturated rings. The second-order valence-corrected chi connectivity index (χ2v) is 9.04. The lowest BCUT2D eigenvalue weighted by Crippen LogP contribution is -1.89. The normalized spacial score (nSPS) is 7.30. The molecule has 0 spiro atoms. The lowest BCUT2D eigenvalue weighted by Gasteiger charge is -1.82. The Morgan fingerprint density at radius 2 is 0.951 bits per heavy atom. The fraction of sp³-hybridized carbons (Fsp3) is 0.468. The van der Waals surface area contributed by atoms with E-state index in [1.54, 1.807) is 78.5 Å². The third kappa shape index (κ3) is 66.1. The van der Waals surface area contributed by atoms with Gasteiger partial charge in [-0.1, -0.05) is 122 Å². The molecule has 61 heavy (non-hydrogen) atoms. The molecule has 0 N–H and O–H groups in total. The smallest absolute Gasteiger partial charge is 0.137 e. The van der Waals surface area contributed by atoms with Crippen LogP contribution in [0.1, 0.15) is 127 Å². The number of rotatable bonds is 0. The molecule has 14 nitrogen and oxygen atoms in total. The predicted molar refractivity (Wildman–Crippen MR) is 263 cm³/mol. The molecule has 0 amide bonds. The molecule has 0 aliphatic carbocycles. The van der Waals surface area contributed by atoms with Crippen LogP contribution < -0.4 is 0 Å². The van der Waals surface area contributed by atoms with E-state index in [2.05, 4.69) is 55.5 Å². The average Bonchev–Trinajstić information content (AvgIpc) is 4.14. The molecule has 7 aromatic heterocycles. The zero-order valence-corrected chi connectivity index (χ0v) is 41.4. The monoisotopic (exact) mass is 849 g/mol. The van der Waals surface area contributed by atoms with Gasteiger partial charge in [-0.15, -0.1) is 5.10 Å². The highest BCUT2D eigenvalue weighted by Gasteiger charge is 1.76. The first kappa shape index (κ1) is 72.6. The molecule has 7 aromatic rings. The predicted octanol–water partition coefficient (Wildman–Crippen LogP) is 12.2. The minimum atomic E-state index is 0. The average molecular weight is 849 g/mol. The minimum absolute atomic E-state index is 0. The second-order valence-electron chi connectivity index (χ2n) is 9.04. The summed E-state index contributed by atoms with van der Waals surface area (Å²) in [5.41, 5.74) is 4.55. The van der Waals surface area contributed by atoms with Crippen molar-refractivity contribution in [2.24, 2.45) is 21.1 Å². The topological polar surface area (TPSA) is 157 Å². The second kappa shape index (κ2) is 68.6. The maximum absolute atomic E-state index is 3.98. The van der Waals surface area contributed by atoms with Gasteiger partial charge in [0.1, 0.15) is 19.0 Å². The van der Waals surface area contributed by atoms with Gasteiger partial charge < -0.3 is 0 Å². The summed E-state index contributed by atoms with van der Waals surface area (Å²) in [6.45, 7) is 36.0. The van der Waals surface area contributed by atoms with Gasteiger partial charge in [-0.05, 0) is 75.2 Å². The molecule has 7 rings (SSSR count). The third-order valence-electron chi connectivity index (χ3n) is 4.81. The summed E-state index contributed by atoms with van der Waals surface area (Å²) < 4.78 is 3.28. The van der Waals surface area contributed by atoms with Gasteiger partial charge >= 0.3 is 0 Å². The van der Waals surface area contributed by atoms with Gasteiger partial charge in [0, 0.05) is 75.9 Å². The number of nitrogens with zero attached hydrogens (tertiary/aromatic N) is 14. The van der Waals surface area contributed by atoms with Gasteiger partial charge in [-0.3, -0.25) is 24.3 Å². The molecular formula is C47H88N14. The van der Waals surface area contributed by atoms with Crippen molar-refractivity contribution in [2.45, 2.75) is 132 Å². The highest BCUT2D eigenvalue weighted by Crippen LogP contribution is 1.89. The third-order valence-corrected chi connectivity index (χ3v) is 4.81. The Balaban J connectivity index is -0.0000000852. The van der Waals surface area contributed by atoms with Crippen LogP contribution in [0.3, 0.4) is 0 Å². The van der Waals surface area contributed by atoms with Crippen molar-refractivity contribution in [3.63, 3.8) is 0 Å². The van der Waals surface area contributed by atoms with Crippen LogP contribution in [-0.2, 0) is 21.1 Å². The van der Waals surface area contributed by atoms with Crippen molar-refractivity contribution in [3.8, 4) is 0 Å². The molecule has 14 heteroatoms. The maximum Gasteiger partial charge on any atom is 0.137 e. The zero-order valence-electron chi connectivity index (χ0n) is 41.4. The Morgan fingerprint density at radius 3 is 1.13 bits per heavy atom. The quantitative estimate of drug-likeness (QED) is 0.143. The first-order valence-electron chi connectivity index (χ1n) is 21.0. The van der Waals surface area contributed by atoms with Crippen LogP contribution in [0, 0.1) is 27.7 Å². The molecule has 0 aliphatic heterocycles. The number of aromatic nitrogens is 14. The Hall–Kier alpha value is -6.05. The highest BCUT2D eigenvalue weighted by molar-refractivity contribution is 5.06. The fourth-order valence-corrected chi connectivity index (χ4v) is 2.50. The summed E-state index contributed by atoms with van der Waals surface area (Å²) in [7, 11) is 5.43. The standard InChI is InChI=1S/3C6H7N.C5H6N2.3C3H5N3.7C2H6.CH4/c1-6-2-4-7-5-3-6;1-6-3-2-4-7-5-6;1-6-4-2-3-5-7-6;1-5-2-3-6-4-7-5;1-6-3-4-2-5-6;1-6-3-2-4-5-6;1-6-4-2-3-5-6;7*1-2;/h3*2-5H,1H3;2-4H,1H3;3*2-3H,1H3;7*1-2H3;1H4. The Kier molecular flexibility index (Phi) is 81.6. The number of hydrogen-bond acceptors (Lipinski definition) is 11. The first-order valence-corrected chi connectivity index (χ1v) is 21.0. The summed E-state index contributed by atoms with van der Waals surface area (Å²) in [4.78, 5) is 24.5. The molecule has 7 heterocycles. The lowest BCUT2D eigenvalue weighted by molar-refractivity contribution is 0.654. The van der Waals surface area contributed by atoms with Crippen molar-refractivity contribution >= 4 is 0 Å². The van der Waals surface area contributed by atoms with E-state index in [1.807, 2.05) is 193 Å². The van der Waals surface area contributed by atoms with Crippen LogP contribution in [-0.4, -0.2) is 69.7 Å². The molecule has 0 atom stereocenters. The SMILES string of the molecule is C.CC.CC.CC.CC.CC.CC.CC.Cc1ccccn1.Cc1cccnc1.Cc1ccncc1.Cc1ccncn1.Cn1ccnn1.Cn1cncn1.Cn1nccn1. The van der Waals surface area contributed by atoms with Crippen LogP contribution in [0.4, 0.5) is 0 Å². The van der Waals surface area contributed by atoms with Gasteiger partial charge in [0.2, 0.25) is 0 Å². The van der Waals surface area contributed by atoms with Crippen LogP contribution in [0.2, 0.25) is 0 Å². The summed E-state index contributed by atoms with van der Waals surface area (Å²) in [5, 5.41) is 18.3. The fourth-order valence-electron chi connectivity index (χ4n) is 2.50. The van der Waals surface area contributed by atoms with Crippen LogP contribution in [0.15, 0.2) is 129 Å². The highest BCUT2D eigenvalue weighted by atomic mass is 15.4. The Morgan fingerprint density at radius 1 is 0.410 bits per heavy atom. The number of pyridine rings is 3. The molecular weight excluding hydrogens is 761 g/mol. The van der Waals surface area contributed by atoms with E-state index in [9.17, 15) is 0 Å². The molecule has 0 unspecified atom stereocenters. The molecule has 0 bridgehead atoms. The maximum atomic E-state index is 3.98. The van der Waals surface area contributed by atoms with E-state index >= 15 is 0 Å². The summed E-state index contributed by atoms with van der Waals surface area (Å²) >= 11 is 0. The van der Waals surface area contributed by atoms with Crippen molar-refractivity contribution in [1.29, 1.82) is 0 Å². The molecule has 0 aromatic carbocycles. The van der Waals surface area contributed by atoms with E-state index in [0.717, 1.165) is 11.4 Å². The van der Waals surface area contributed by atoms with Gasteiger partial charge in [0.25, 0.3) is 0 Å². The van der Waals surface area contributed by atoms with E-state index in [4.69, 9.17) is 0 Å². The molecule has 0 saturated carbocycles. The Labute approximate surface area is 373 Å². The van der Waals surface area contributed by atoms with Gasteiger partial charge in [-0.25, -0.2) is 15.0 Å². The lowest BCUT2D eigenvalue weighted by atomic mass is 10.3. The van der Waals surface area contributed by atoms with Gasteiger partial charge in [-0.2, -0.15) is 20.1 Å². The Bertz CT molecular complexity index is 1340. The largest absolute Gasteiger partial charge is 0.265 e. The summed E-state index contributed by atoms with van der Waals surface area (Å²) in [6, 6.07) is 15.6. The zero-order chi connectivity index (χ0) is 47.7. The van der Waals surface area contributed by atoms with E-state index in [0.29, 0.717) is 0 Å². The van der Waals surface area contributed by atoms with Crippen molar-refractivity contribution in [1.82, 2.24) is 69.7 Å². The minimum Gasteiger partial charge on any atom is -0.265 e. The first-order chi connectivity index (χ1) is 29.3. The van der Waals surface area contributed by atoms with E-state index in [1.165, 1.54) is 28.6 Å². The number of hydrogen-bond donors (Lipinski definition) is 0. The van der Waals surface area contributed by atoms with Crippen molar-refractivity contribution in [3.05, 3.63) is 152 Å². The van der Waals surface area contributed by atoms with Crippen LogP contribution >= 0.6 is 0 Å². The summed E-state index contributed by atoms with van der Waals surface area (Å²) in [5.74, 6) is 0. The van der Waals surface area contributed by atoms with Crippen LogP contribution in [0.5, 0.6) is 0 Å². The molecule has 0 radical (unpaired) electrons. The van der Waals surface area contributed by atoms with Gasteiger partial charge in [0.05, 0.1) is 18.6 Å². The van der Waals surface area contributed by atoms with E-state index < -0.39 is 0 Å². The van der Waals surface area contributed by atoms with E-state index in [-0.39, 0.29) is 7.43 Å². The molecule has 0 aliphatic rings.